The highest BCUT2D eigenvalue weighted by Gasteiger charge is 2.20. The first-order valence-corrected chi connectivity index (χ1v) is 6.71. The zero-order chi connectivity index (χ0) is 13.8. The van der Waals surface area contributed by atoms with Crippen LogP contribution in [0.2, 0.25) is 5.02 Å². The van der Waals surface area contributed by atoms with E-state index >= 15 is 0 Å². The van der Waals surface area contributed by atoms with Gasteiger partial charge in [-0.15, -0.1) is 0 Å². The maximum Gasteiger partial charge on any atom is 0.0621 e. The Hall–Kier alpha value is -1.51. The summed E-state index contributed by atoms with van der Waals surface area (Å²) in [5, 5.41) is 13.9. The van der Waals surface area contributed by atoms with Gasteiger partial charge in [-0.25, -0.2) is 0 Å². The lowest BCUT2D eigenvalue weighted by molar-refractivity contribution is 0.176. The Morgan fingerprint density at radius 3 is 2.26 bits per heavy atom. The molecule has 0 spiro atoms. The summed E-state index contributed by atoms with van der Waals surface area (Å²) in [7, 11) is 1.88. The summed E-state index contributed by atoms with van der Waals surface area (Å²) in [6.45, 7) is 1.80. The average molecular weight is 276 g/mol. The second-order valence-electron chi connectivity index (χ2n) is 4.65. The van der Waals surface area contributed by atoms with Gasteiger partial charge in [0, 0.05) is 23.7 Å². The lowest BCUT2D eigenvalue weighted by Crippen LogP contribution is -2.16. The van der Waals surface area contributed by atoms with Crippen molar-refractivity contribution in [3.8, 4) is 0 Å². The zero-order valence-electron chi connectivity index (χ0n) is 11.1. The van der Waals surface area contributed by atoms with Gasteiger partial charge in [0.1, 0.15) is 0 Å². The largest absolute Gasteiger partial charge is 0.392 e. The Labute approximate surface area is 119 Å². The Balaban J connectivity index is 2.45. The molecule has 2 rings (SSSR count). The van der Waals surface area contributed by atoms with Crippen LogP contribution < -0.4 is 5.32 Å². The van der Waals surface area contributed by atoms with Gasteiger partial charge in [0.2, 0.25) is 0 Å². The van der Waals surface area contributed by atoms with E-state index < -0.39 is 6.10 Å². The molecule has 2 N–H and O–H groups in total. The molecule has 2 aromatic carbocycles. The smallest absolute Gasteiger partial charge is 0.0621 e. The summed E-state index contributed by atoms with van der Waals surface area (Å²) in [5.41, 5.74) is 3.13. The lowest BCUT2D eigenvalue weighted by Gasteiger charge is -2.22. The molecule has 0 aliphatic carbocycles. The van der Waals surface area contributed by atoms with Crippen LogP contribution in [0.4, 0.5) is 5.69 Å². The molecule has 100 valence electrons. The van der Waals surface area contributed by atoms with Crippen molar-refractivity contribution in [2.45, 2.75) is 18.9 Å². The predicted molar refractivity (Wildman–Crippen MR) is 81.0 cm³/mol. The van der Waals surface area contributed by atoms with Crippen LogP contribution in [0, 0.1) is 0 Å². The fourth-order valence-electron chi connectivity index (χ4n) is 2.34. The molecule has 2 nitrogen and oxygen atoms in total. The van der Waals surface area contributed by atoms with E-state index in [1.807, 2.05) is 49.5 Å². The van der Waals surface area contributed by atoms with Crippen LogP contribution in [0.15, 0.2) is 48.5 Å². The Bertz CT molecular complexity index is 554. The van der Waals surface area contributed by atoms with Crippen LogP contribution in [0.3, 0.4) is 0 Å². The van der Waals surface area contributed by atoms with Crippen molar-refractivity contribution < 1.29 is 5.11 Å². The van der Waals surface area contributed by atoms with Gasteiger partial charge in [0.25, 0.3) is 0 Å². The van der Waals surface area contributed by atoms with E-state index in [9.17, 15) is 5.11 Å². The fourth-order valence-corrected chi connectivity index (χ4v) is 2.54. The molecule has 0 saturated heterocycles. The maximum absolute atomic E-state index is 10.1. The third-order valence-corrected chi connectivity index (χ3v) is 3.46. The summed E-state index contributed by atoms with van der Waals surface area (Å²) >= 11 is 6.05. The molecule has 0 fully saturated rings. The highest BCUT2D eigenvalue weighted by Crippen LogP contribution is 2.31. The highest BCUT2D eigenvalue weighted by atomic mass is 35.5. The topological polar surface area (TPSA) is 32.3 Å². The molecule has 3 heteroatoms. The second-order valence-corrected chi connectivity index (χ2v) is 5.09. The quantitative estimate of drug-likeness (QED) is 0.887. The molecular weight excluding hydrogens is 258 g/mol. The molecule has 0 aliphatic heterocycles. The van der Waals surface area contributed by atoms with Gasteiger partial charge in [-0.05, 0) is 42.3 Å². The van der Waals surface area contributed by atoms with E-state index in [1.54, 1.807) is 6.92 Å². The minimum Gasteiger partial charge on any atom is -0.392 e. The van der Waals surface area contributed by atoms with E-state index in [0.717, 1.165) is 16.8 Å². The lowest BCUT2D eigenvalue weighted by atomic mass is 9.87. The number of hydrogen-bond acceptors (Lipinski definition) is 2. The third kappa shape index (κ3) is 3.28. The van der Waals surface area contributed by atoms with E-state index in [0.29, 0.717) is 5.02 Å². The number of anilines is 1. The molecule has 2 aromatic rings. The summed E-state index contributed by atoms with van der Waals surface area (Å²) < 4.78 is 0. The number of hydrogen-bond donors (Lipinski definition) is 2. The first kappa shape index (κ1) is 13.9. The molecule has 0 radical (unpaired) electrons. The average Bonchev–Trinajstić information content (AvgIpc) is 2.39. The second kappa shape index (κ2) is 6.09. The van der Waals surface area contributed by atoms with Gasteiger partial charge in [0.05, 0.1) is 6.10 Å². The van der Waals surface area contributed by atoms with Gasteiger partial charge < -0.3 is 10.4 Å². The van der Waals surface area contributed by atoms with Crippen LogP contribution in [-0.4, -0.2) is 18.3 Å². The van der Waals surface area contributed by atoms with Crippen molar-refractivity contribution in [2.24, 2.45) is 0 Å². The first-order chi connectivity index (χ1) is 9.11. The standard InChI is InChI=1S/C16H18ClNO/c1-11(19)16(12-5-3-7-14(17)9-12)13-6-4-8-15(10-13)18-2/h3-11,16,18-19H,1-2H3. The van der Waals surface area contributed by atoms with Gasteiger partial charge in [-0.2, -0.15) is 0 Å². The van der Waals surface area contributed by atoms with Crippen molar-refractivity contribution in [3.63, 3.8) is 0 Å². The molecule has 2 atom stereocenters. The molecule has 19 heavy (non-hydrogen) atoms. The Kier molecular flexibility index (Phi) is 4.46. The maximum atomic E-state index is 10.1. The summed E-state index contributed by atoms with van der Waals surface area (Å²) in [4.78, 5) is 0. The minimum atomic E-state index is -0.481. The summed E-state index contributed by atoms with van der Waals surface area (Å²) in [6.07, 6.45) is -0.481. The van der Waals surface area contributed by atoms with Crippen LogP contribution >= 0.6 is 11.6 Å². The number of aliphatic hydroxyl groups is 1. The van der Waals surface area contributed by atoms with E-state index in [-0.39, 0.29) is 5.92 Å². The molecule has 0 aromatic heterocycles. The molecule has 0 bridgehead atoms. The monoisotopic (exact) mass is 275 g/mol. The minimum absolute atomic E-state index is 0.0769. The Morgan fingerprint density at radius 2 is 1.68 bits per heavy atom. The van der Waals surface area contributed by atoms with E-state index in [4.69, 9.17) is 11.6 Å². The molecule has 0 saturated carbocycles. The van der Waals surface area contributed by atoms with Crippen LogP contribution in [0.1, 0.15) is 24.0 Å². The highest BCUT2D eigenvalue weighted by molar-refractivity contribution is 6.30. The molecular formula is C16H18ClNO. The number of benzene rings is 2. The van der Waals surface area contributed by atoms with Crippen molar-refractivity contribution in [1.29, 1.82) is 0 Å². The van der Waals surface area contributed by atoms with Crippen LogP contribution in [-0.2, 0) is 0 Å². The van der Waals surface area contributed by atoms with Crippen molar-refractivity contribution >= 4 is 17.3 Å². The van der Waals surface area contributed by atoms with Gasteiger partial charge in [-0.1, -0.05) is 35.9 Å². The number of nitrogens with one attached hydrogen (secondary N) is 1. The van der Waals surface area contributed by atoms with Crippen molar-refractivity contribution in [1.82, 2.24) is 0 Å². The van der Waals surface area contributed by atoms with E-state index in [1.165, 1.54) is 0 Å². The fraction of sp³-hybridized carbons (Fsp3) is 0.250. The first-order valence-electron chi connectivity index (χ1n) is 6.33. The van der Waals surface area contributed by atoms with Crippen molar-refractivity contribution in [2.75, 3.05) is 12.4 Å². The predicted octanol–water partition coefficient (Wildman–Crippen LogP) is 3.89. The van der Waals surface area contributed by atoms with Crippen LogP contribution in [0.5, 0.6) is 0 Å². The zero-order valence-corrected chi connectivity index (χ0v) is 11.9. The van der Waals surface area contributed by atoms with Crippen molar-refractivity contribution in [3.05, 3.63) is 64.7 Å². The van der Waals surface area contributed by atoms with E-state index in [2.05, 4.69) is 11.4 Å². The molecule has 2 unspecified atom stereocenters. The van der Waals surface area contributed by atoms with Gasteiger partial charge in [0.15, 0.2) is 0 Å². The SMILES string of the molecule is CNc1cccc(C(c2cccc(Cl)c2)C(C)O)c1. The molecule has 0 heterocycles. The molecule has 0 aliphatic rings. The molecule has 0 amide bonds. The third-order valence-electron chi connectivity index (χ3n) is 3.22. The normalized spacial score (nSPS) is 13.9. The van der Waals surface area contributed by atoms with Crippen LogP contribution in [0.25, 0.3) is 0 Å². The number of aliphatic hydroxyl groups excluding tert-OH is 1. The number of rotatable bonds is 4. The Morgan fingerprint density at radius 1 is 1.05 bits per heavy atom. The number of halogens is 1. The van der Waals surface area contributed by atoms with Gasteiger partial charge >= 0.3 is 0 Å². The summed E-state index contributed by atoms with van der Waals surface area (Å²) in [6, 6.07) is 15.7. The summed E-state index contributed by atoms with van der Waals surface area (Å²) in [5.74, 6) is -0.0769. The van der Waals surface area contributed by atoms with Gasteiger partial charge in [-0.3, -0.25) is 0 Å².